The molecule has 0 heterocycles. The van der Waals surface area contributed by atoms with E-state index < -0.39 is 0 Å². The number of hydrogen-bond acceptors (Lipinski definition) is 2. The van der Waals surface area contributed by atoms with Crippen molar-refractivity contribution in [1.29, 1.82) is 10.5 Å². The van der Waals surface area contributed by atoms with Gasteiger partial charge in [-0.2, -0.15) is 10.5 Å². The van der Waals surface area contributed by atoms with Crippen LogP contribution in [0.3, 0.4) is 0 Å². The molecule has 0 fully saturated rings. The molecular formula is C2H3BN2Na. The Morgan fingerprint density at radius 3 is 1.17 bits per heavy atom. The average molecular weight is 88.9 g/mol. The molecule has 0 aliphatic heterocycles. The third-order valence-corrected chi connectivity index (χ3v) is 0.0500. The fourth-order valence-corrected chi connectivity index (χ4v) is 0. The third-order valence-electron chi connectivity index (χ3n) is 0.0500. The van der Waals surface area contributed by atoms with E-state index in [-0.39, 0.29) is 38.0 Å². The van der Waals surface area contributed by atoms with E-state index in [2.05, 4.69) is 0 Å². The van der Waals surface area contributed by atoms with Gasteiger partial charge in [0.25, 0.3) is 0 Å². The predicted octanol–water partition coefficient (Wildman–Crippen LogP) is -1.53. The maximum Gasteiger partial charge on any atom is 0.181 e. The van der Waals surface area contributed by atoms with E-state index in [0.717, 1.165) is 0 Å². The standard InChI is InChI=1S/C2N2.BH3.Na/c3-1-2-4;;/h;1H3;. The van der Waals surface area contributed by atoms with Gasteiger partial charge in [0.2, 0.25) is 0 Å². The Bertz CT molecular complexity index is 66.5. The monoisotopic (exact) mass is 89.0 g/mol. The zero-order valence-corrected chi connectivity index (χ0v) is 4.89. The zero-order chi connectivity index (χ0) is 3.41. The first kappa shape index (κ1) is 16.6. The van der Waals surface area contributed by atoms with E-state index >= 15 is 0 Å². The molecule has 0 aromatic carbocycles. The zero-order valence-electron chi connectivity index (χ0n) is 2.89. The summed E-state index contributed by atoms with van der Waals surface area (Å²) in [6, 6.07) is 2.47. The first-order valence-corrected chi connectivity index (χ1v) is 0.697. The van der Waals surface area contributed by atoms with Crippen LogP contribution in [0.4, 0.5) is 0 Å². The smallest absolute Gasteiger partial charge is 0.181 e. The Morgan fingerprint density at radius 1 is 1.00 bits per heavy atom. The summed E-state index contributed by atoms with van der Waals surface area (Å²) in [6.45, 7) is 0. The van der Waals surface area contributed by atoms with E-state index in [0.29, 0.717) is 0 Å². The second-order valence-electron chi connectivity index (χ2n) is 0.224. The van der Waals surface area contributed by atoms with Gasteiger partial charge in [-0.25, -0.2) is 0 Å². The molecule has 0 saturated carbocycles. The topological polar surface area (TPSA) is 47.6 Å². The minimum Gasteiger partial charge on any atom is -0.181 e. The van der Waals surface area contributed by atoms with Crippen LogP contribution in [-0.4, -0.2) is 38.0 Å². The van der Waals surface area contributed by atoms with Gasteiger partial charge in [-0.15, -0.1) is 0 Å². The Balaban J connectivity index is -0.0000000450. The first-order chi connectivity index (χ1) is 1.91. The summed E-state index contributed by atoms with van der Waals surface area (Å²) in [5.41, 5.74) is 0. The normalized spacial score (nSPS) is 1.67. The van der Waals surface area contributed by atoms with Crippen molar-refractivity contribution in [2.24, 2.45) is 0 Å². The fourth-order valence-electron chi connectivity index (χ4n) is 0. The molecule has 0 atom stereocenters. The van der Waals surface area contributed by atoms with Gasteiger partial charge in [0, 0.05) is 29.6 Å². The second-order valence-corrected chi connectivity index (χ2v) is 0.224. The molecule has 0 rings (SSSR count). The Hall–Kier alpha value is 0.0449. The largest absolute Gasteiger partial charge is 0.181 e. The van der Waals surface area contributed by atoms with Crippen molar-refractivity contribution >= 4 is 38.0 Å². The third kappa shape index (κ3) is 34.3. The molecule has 2 nitrogen and oxygen atoms in total. The van der Waals surface area contributed by atoms with Crippen LogP contribution < -0.4 is 0 Å². The molecule has 6 heavy (non-hydrogen) atoms. The number of nitriles is 2. The summed E-state index contributed by atoms with van der Waals surface area (Å²) >= 11 is 0. The minimum absolute atomic E-state index is 0. The first-order valence-electron chi connectivity index (χ1n) is 0.697. The van der Waals surface area contributed by atoms with Crippen molar-refractivity contribution in [1.82, 2.24) is 0 Å². The molecule has 0 aromatic heterocycles. The van der Waals surface area contributed by atoms with Gasteiger partial charge >= 0.3 is 0 Å². The van der Waals surface area contributed by atoms with Crippen LogP contribution in [0, 0.1) is 22.7 Å². The molecule has 0 unspecified atom stereocenters. The van der Waals surface area contributed by atoms with Gasteiger partial charge in [-0.1, -0.05) is 0 Å². The molecule has 25 valence electrons. The van der Waals surface area contributed by atoms with Crippen molar-refractivity contribution in [3.05, 3.63) is 0 Å². The number of rotatable bonds is 0. The molecule has 1 radical (unpaired) electrons. The van der Waals surface area contributed by atoms with Crippen LogP contribution in [-0.2, 0) is 0 Å². The molecule has 0 spiro atoms. The molecule has 0 aliphatic rings. The Labute approximate surface area is 60.6 Å². The van der Waals surface area contributed by atoms with Gasteiger partial charge in [0.15, 0.2) is 12.1 Å². The van der Waals surface area contributed by atoms with E-state index in [1.165, 1.54) is 12.1 Å². The van der Waals surface area contributed by atoms with Gasteiger partial charge in [-0.3, -0.25) is 0 Å². The number of hydrogen-bond donors (Lipinski definition) is 0. The van der Waals surface area contributed by atoms with Crippen molar-refractivity contribution in [3.63, 3.8) is 0 Å². The van der Waals surface area contributed by atoms with Crippen molar-refractivity contribution in [3.8, 4) is 12.1 Å². The minimum atomic E-state index is 0. The molecule has 0 aliphatic carbocycles. The van der Waals surface area contributed by atoms with E-state index in [1.807, 2.05) is 0 Å². The molecule has 4 heteroatoms. The van der Waals surface area contributed by atoms with Crippen LogP contribution in [0.5, 0.6) is 0 Å². The fraction of sp³-hybridized carbons (Fsp3) is 0. The van der Waals surface area contributed by atoms with Gasteiger partial charge < -0.3 is 0 Å². The Kier molecular flexibility index (Phi) is 54.6. The van der Waals surface area contributed by atoms with Crippen molar-refractivity contribution in [2.45, 2.75) is 0 Å². The summed E-state index contributed by atoms with van der Waals surface area (Å²) < 4.78 is 0. The number of nitrogens with zero attached hydrogens (tertiary/aromatic N) is 2. The molecule has 0 N–H and O–H groups in total. The predicted molar refractivity (Wildman–Crippen MR) is 26.9 cm³/mol. The van der Waals surface area contributed by atoms with Crippen LogP contribution in [0.1, 0.15) is 0 Å². The molecule has 0 bridgehead atoms. The summed E-state index contributed by atoms with van der Waals surface area (Å²) in [5, 5.41) is 14.5. The molecule has 0 saturated heterocycles. The van der Waals surface area contributed by atoms with Gasteiger partial charge in [-0.05, 0) is 0 Å². The quantitative estimate of drug-likeness (QED) is 0.338. The van der Waals surface area contributed by atoms with Crippen LogP contribution in [0.15, 0.2) is 0 Å². The summed E-state index contributed by atoms with van der Waals surface area (Å²) in [6.07, 6.45) is 0. The van der Waals surface area contributed by atoms with Gasteiger partial charge in [0.05, 0.1) is 8.41 Å². The van der Waals surface area contributed by atoms with E-state index in [9.17, 15) is 0 Å². The van der Waals surface area contributed by atoms with Crippen molar-refractivity contribution in [2.75, 3.05) is 0 Å². The summed E-state index contributed by atoms with van der Waals surface area (Å²) in [7, 11) is 0. The van der Waals surface area contributed by atoms with E-state index in [4.69, 9.17) is 10.5 Å². The summed E-state index contributed by atoms with van der Waals surface area (Å²) in [4.78, 5) is 0. The van der Waals surface area contributed by atoms with Gasteiger partial charge in [0.1, 0.15) is 0 Å². The maximum atomic E-state index is 7.26. The molecule has 0 aromatic rings. The van der Waals surface area contributed by atoms with Crippen LogP contribution in [0.2, 0.25) is 0 Å². The molecular weight excluding hydrogens is 85.8 g/mol. The Morgan fingerprint density at radius 2 is 1.17 bits per heavy atom. The SMILES string of the molecule is B.N#CC#N.[Na]. The average Bonchev–Trinajstić information content (AvgIpc) is 1.37. The van der Waals surface area contributed by atoms with Crippen LogP contribution in [0.25, 0.3) is 0 Å². The van der Waals surface area contributed by atoms with Crippen LogP contribution >= 0.6 is 0 Å². The molecule has 0 amide bonds. The van der Waals surface area contributed by atoms with E-state index in [1.54, 1.807) is 0 Å². The second kappa shape index (κ2) is 19.7. The van der Waals surface area contributed by atoms with Crippen molar-refractivity contribution < 1.29 is 0 Å². The summed E-state index contributed by atoms with van der Waals surface area (Å²) in [5.74, 6) is 0. The maximum absolute atomic E-state index is 7.26.